The fraction of sp³-hybridized carbons (Fsp3) is 0.190. The first kappa shape index (κ1) is 14.8. The molecule has 0 unspecified atom stereocenters. The second-order valence-corrected chi connectivity index (χ2v) is 6.18. The summed E-state index contributed by atoms with van der Waals surface area (Å²) in [7, 11) is 1.68. The van der Waals surface area contributed by atoms with Gasteiger partial charge < -0.3 is 9.84 Å². The predicted octanol–water partition coefficient (Wildman–Crippen LogP) is 4.62. The molecule has 3 aromatic rings. The van der Waals surface area contributed by atoms with Gasteiger partial charge in [0.25, 0.3) is 0 Å². The van der Waals surface area contributed by atoms with E-state index in [0.717, 1.165) is 29.5 Å². The van der Waals surface area contributed by atoms with Gasteiger partial charge in [-0.25, -0.2) is 4.79 Å². The highest BCUT2D eigenvalue weighted by Crippen LogP contribution is 2.43. The first-order valence-electron chi connectivity index (χ1n) is 8.11. The van der Waals surface area contributed by atoms with E-state index in [1.807, 2.05) is 24.3 Å². The number of rotatable bonds is 3. The highest BCUT2D eigenvalue weighted by Gasteiger charge is 2.27. The summed E-state index contributed by atoms with van der Waals surface area (Å²) in [6, 6.07) is 17.7. The van der Waals surface area contributed by atoms with Crippen molar-refractivity contribution in [1.82, 2.24) is 0 Å². The molecule has 0 aliphatic heterocycles. The number of methoxy groups -OCH3 is 1. The molecule has 1 aliphatic carbocycles. The van der Waals surface area contributed by atoms with Gasteiger partial charge in [-0.15, -0.1) is 0 Å². The quantitative estimate of drug-likeness (QED) is 0.766. The Bertz CT molecular complexity index is 943. The molecular formula is C21H18O3. The summed E-state index contributed by atoms with van der Waals surface area (Å²) in [6.07, 6.45) is 1.86. The number of aryl methyl sites for hydroxylation is 1. The molecule has 1 N–H and O–H groups in total. The number of carboxylic acid groups (broad SMARTS) is 1. The third kappa shape index (κ3) is 2.16. The van der Waals surface area contributed by atoms with Crippen molar-refractivity contribution in [1.29, 1.82) is 0 Å². The lowest BCUT2D eigenvalue weighted by atomic mass is 9.76. The Morgan fingerprint density at radius 1 is 1.04 bits per heavy atom. The maximum Gasteiger partial charge on any atom is 0.335 e. The molecule has 120 valence electrons. The highest BCUT2D eigenvalue weighted by molar-refractivity contribution is 5.96. The maximum atomic E-state index is 11.6. The fourth-order valence-corrected chi connectivity index (χ4v) is 3.93. The van der Waals surface area contributed by atoms with Crippen molar-refractivity contribution in [2.45, 2.75) is 18.8 Å². The number of ether oxygens (including phenoxy) is 1. The van der Waals surface area contributed by atoms with Gasteiger partial charge in [-0.2, -0.15) is 0 Å². The van der Waals surface area contributed by atoms with Gasteiger partial charge in [0, 0.05) is 11.3 Å². The van der Waals surface area contributed by atoms with Gasteiger partial charge in [0.05, 0.1) is 12.7 Å². The van der Waals surface area contributed by atoms with Crippen molar-refractivity contribution < 1.29 is 14.6 Å². The standard InChI is InChI=1S/C21H18O3/c1-24-19-12-10-13-9-11-15(16-7-4-8-18(19)20(13)16)14-5-2-3-6-17(14)21(22)23/h2-8,10,12,15H,9,11H2,1H3,(H,22,23)/t15-/m0/s1. The fourth-order valence-electron chi connectivity index (χ4n) is 3.93. The van der Waals surface area contributed by atoms with Crippen molar-refractivity contribution in [2.75, 3.05) is 7.11 Å². The average molecular weight is 318 g/mol. The van der Waals surface area contributed by atoms with E-state index in [1.165, 1.54) is 16.5 Å². The molecule has 4 rings (SSSR count). The van der Waals surface area contributed by atoms with Crippen LogP contribution in [0, 0.1) is 0 Å². The molecule has 0 bridgehead atoms. The first-order valence-corrected chi connectivity index (χ1v) is 8.11. The van der Waals surface area contributed by atoms with E-state index in [2.05, 4.69) is 18.2 Å². The summed E-state index contributed by atoms with van der Waals surface area (Å²) in [5.41, 5.74) is 3.80. The van der Waals surface area contributed by atoms with Crippen molar-refractivity contribution >= 4 is 16.7 Å². The minimum absolute atomic E-state index is 0.0978. The van der Waals surface area contributed by atoms with Crippen LogP contribution in [0.15, 0.2) is 54.6 Å². The number of hydrogen-bond donors (Lipinski definition) is 1. The molecule has 3 nitrogen and oxygen atoms in total. The van der Waals surface area contributed by atoms with Crippen LogP contribution in [0.2, 0.25) is 0 Å². The van der Waals surface area contributed by atoms with Gasteiger partial charge >= 0.3 is 5.97 Å². The SMILES string of the molecule is COc1ccc2c3c(cccc13)[C@H](c1ccccc1C(=O)O)CC2. The number of hydrogen-bond acceptors (Lipinski definition) is 2. The summed E-state index contributed by atoms with van der Waals surface area (Å²) in [4.78, 5) is 11.6. The van der Waals surface area contributed by atoms with Crippen LogP contribution in [0.5, 0.6) is 5.75 Å². The van der Waals surface area contributed by atoms with Crippen molar-refractivity contribution in [3.05, 3.63) is 76.9 Å². The van der Waals surface area contributed by atoms with Crippen LogP contribution in [0.25, 0.3) is 10.8 Å². The molecule has 0 spiro atoms. The Labute approximate surface area is 140 Å². The van der Waals surface area contributed by atoms with Gasteiger partial charge in [-0.05, 0) is 47.1 Å². The van der Waals surface area contributed by atoms with E-state index in [0.29, 0.717) is 5.56 Å². The maximum absolute atomic E-state index is 11.6. The van der Waals surface area contributed by atoms with Crippen molar-refractivity contribution in [2.24, 2.45) is 0 Å². The topological polar surface area (TPSA) is 46.5 Å². The van der Waals surface area contributed by atoms with E-state index in [9.17, 15) is 9.90 Å². The Kier molecular flexibility index (Phi) is 3.49. The van der Waals surface area contributed by atoms with Crippen LogP contribution in [-0.4, -0.2) is 18.2 Å². The summed E-state index contributed by atoms with van der Waals surface area (Å²) >= 11 is 0. The lowest BCUT2D eigenvalue weighted by molar-refractivity contribution is 0.0695. The summed E-state index contributed by atoms with van der Waals surface area (Å²) in [6.45, 7) is 0. The van der Waals surface area contributed by atoms with Crippen LogP contribution in [0.4, 0.5) is 0 Å². The van der Waals surface area contributed by atoms with E-state index >= 15 is 0 Å². The minimum Gasteiger partial charge on any atom is -0.496 e. The second kappa shape index (κ2) is 5.68. The highest BCUT2D eigenvalue weighted by atomic mass is 16.5. The molecule has 0 radical (unpaired) electrons. The zero-order valence-electron chi connectivity index (χ0n) is 13.5. The number of carboxylic acids is 1. The molecule has 24 heavy (non-hydrogen) atoms. The number of carbonyl (C=O) groups is 1. The molecule has 3 heteroatoms. The molecule has 0 saturated heterocycles. The minimum atomic E-state index is -0.866. The Hall–Kier alpha value is -2.81. The smallest absolute Gasteiger partial charge is 0.335 e. The Morgan fingerprint density at radius 3 is 2.62 bits per heavy atom. The number of benzene rings is 3. The molecule has 0 aromatic heterocycles. The Balaban J connectivity index is 1.98. The molecule has 1 atom stereocenters. The largest absolute Gasteiger partial charge is 0.496 e. The van der Waals surface area contributed by atoms with Crippen LogP contribution in [0.1, 0.15) is 39.4 Å². The monoisotopic (exact) mass is 318 g/mol. The van der Waals surface area contributed by atoms with Gasteiger partial charge in [0.15, 0.2) is 0 Å². The molecular weight excluding hydrogens is 300 g/mol. The zero-order chi connectivity index (χ0) is 16.7. The van der Waals surface area contributed by atoms with Crippen molar-refractivity contribution in [3.63, 3.8) is 0 Å². The molecule has 1 aliphatic rings. The summed E-state index contributed by atoms with van der Waals surface area (Å²) in [5, 5.41) is 11.9. The summed E-state index contributed by atoms with van der Waals surface area (Å²) < 4.78 is 5.51. The zero-order valence-corrected chi connectivity index (χ0v) is 13.5. The molecule has 0 saturated carbocycles. The van der Waals surface area contributed by atoms with E-state index in [4.69, 9.17) is 4.74 Å². The van der Waals surface area contributed by atoms with Gasteiger partial charge in [0.2, 0.25) is 0 Å². The third-order valence-corrected chi connectivity index (χ3v) is 4.98. The van der Waals surface area contributed by atoms with Crippen molar-refractivity contribution in [3.8, 4) is 5.75 Å². The third-order valence-electron chi connectivity index (χ3n) is 4.98. The second-order valence-electron chi connectivity index (χ2n) is 6.18. The van der Waals surface area contributed by atoms with Crippen LogP contribution < -0.4 is 4.74 Å². The predicted molar refractivity (Wildman–Crippen MR) is 94.1 cm³/mol. The van der Waals surface area contributed by atoms with Gasteiger partial charge in [0.1, 0.15) is 5.75 Å². The lowest BCUT2D eigenvalue weighted by Crippen LogP contribution is -2.14. The van der Waals surface area contributed by atoms with E-state index in [1.54, 1.807) is 19.2 Å². The van der Waals surface area contributed by atoms with Crippen LogP contribution in [-0.2, 0) is 6.42 Å². The lowest BCUT2D eigenvalue weighted by Gasteiger charge is -2.27. The van der Waals surface area contributed by atoms with E-state index in [-0.39, 0.29) is 5.92 Å². The molecule has 0 heterocycles. The van der Waals surface area contributed by atoms with Crippen LogP contribution in [0.3, 0.4) is 0 Å². The first-order chi connectivity index (χ1) is 11.7. The summed E-state index contributed by atoms with van der Waals surface area (Å²) in [5.74, 6) is 0.0950. The normalized spacial score (nSPS) is 16.1. The van der Waals surface area contributed by atoms with Crippen LogP contribution >= 0.6 is 0 Å². The van der Waals surface area contributed by atoms with Gasteiger partial charge in [-0.1, -0.05) is 42.5 Å². The number of aromatic carboxylic acids is 1. The Morgan fingerprint density at radius 2 is 1.83 bits per heavy atom. The molecule has 0 amide bonds. The molecule has 0 fully saturated rings. The van der Waals surface area contributed by atoms with E-state index < -0.39 is 5.97 Å². The molecule has 3 aromatic carbocycles. The van der Waals surface area contributed by atoms with Gasteiger partial charge in [-0.3, -0.25) is 0 Å². The average Bonchev–Trinajstić information content (AvgIpc) is 2.62.